The molecule has 26 heteroatoms. The zero-order valence-electron chi connectivity index (χ0n) is 78.9. The number of nitrogens with one attached hydrogen (secondary N) is 3. The zero-order valence-corrected chi connectivity index (χ0v) is 81.6. The topological polar surface area (TPSA) is 55.8 Å². The Balaban J connectivity index is 0.0000000839. The molecule has 0 spiro atoms. The van der Waals surface area contributed by atoms with Crippen molar-refractivity contribution in [2.75, 3.05) is 15.3 Å². The fraction of sp³-hybridized carbons (Fsp3) is 0.00870. The van der Waals surface area contributed by atoms with E-state index in [4.69, 9.17) is 0 Å². The van der Waals surface area contributed by atoms with Crippen molar-refractivity contribution in [3.8, 4) is 22.7 Å². The van der Waals surface area contributed by atoms with E-state index in [1.165, 1.54) is 187 Å². The molecule has 3 N–H and O–H groups in total. The second-order valence-electron chi connectivity index (χ2n) is 44.3. The molecule has 16 aliphatic rings. The summed E-state index contributed by atoms with van der Waals surface area (Å²) < 4.78 is 10.1. The van der Waals surface area contributed by atoms with Gasteiger partial charge in [-0.1, -0.05) is 89.9 Å². The minimum absolute atomic E-state index is 0.186. The van der Waals surface area contributed by atoms with Crippen LogP contribution in [0.5, 0.6) is 0 Å². The summed E-state index contributed by atoms with van der Waals surface area (Å²) in [5.41, 5.74) is 38.6. The molecule has 0 radical (unpaired) electrons. The Bertz CT molecular complexity index is 9410. The molecule has 0 saturated carbocycles. The third kappa shape index (κ3) is 9.76. The van der Waals surface area contributed by atoms with Gasteiger partial charge in [-0.05, 0) is 30.0 Å². The molecule has 0 amide bonds. The third-order valence-corrected chi connectivity index (χ3v) is 65.3. The molecule has 39 rings (SSSR count). The van der Waals surface area contributed by atoms with E-state index in [1.807, 2.05) is 0 Å². The van der Waals surface area contributed by atoms with Crippen molar-refractivity contribution in [2.45, 2.75) is 6.92 Å². The van der Waals surface area contributed by atoms with Crippen molar-refractivity contribution < 1.29 is 0 Å². The van der Waals surface area contributed by atoms with Crippen LogP contribution < -0.4 is 96.7 Å². The second kappa shape index (κ2) is 28.1. The summed E-state index contributed by atoms with van der Waals surface area (Å²) in [7, 11) is 0.642. The second-order valence-corrected chi connectivity index (χ2v) is 61.2. The molecule has 0 unspecified atom stereocenters. The monoisotopic (exact) mass is 1830 g/mol. The molecule has 16 aliphatic heterocycles. The number of benzene rings is 19. The van der Waals surface area contributed by atoms with Gasteiger partial charge in [0.25, 0.3) is 0 Å². The molecule has 23 aromatic rings. The fourth-order valence-electron chi connectivity index (χ4n) is 33.9. The van der Waals surface area contributed by atoms with Gasteiger partial charge < -0.3 is 4.57 Å². The first-order valence-corrected chi connectivity index (χ1v) is 59.5. The van der Waals surface area contributed by atoms with Gasteiger partial charge >= 0.3 is 674 Å². The van der Waals surface area contributed by atoms with Gasteiger partial charge in [0.1, 0.15) is 0 Å². The van der Waals surface area contributed by atoms with Crippen LogP contribution >= 0.6 is 19.2 Å². The van der Waals surface area contributed by atoms with Gasteiger partial charge in [0.05, 0.1) is 5.52 Å². The van der Waals surface area contributed by atoms with E-state index in [9.17, 15) is 0 Å². The predicted octanol–water partition coefficient (Wildman–Crippen LogP) is 13.4. The first-order valence-electron chi connectivity index (χ1n) is 52.2. The molecule has 19 aromatic carbocycles. The molecule has 648 valence electrons. The summed E-state index contributed by atoms with van der Waals surface area (Å²) in [4.78, 5) is 0. The fourth-order valence-corrected chi connectivity index (χ4v) is 65.0. The first kappa shape index (κ1) is 79.9. The number of hydrogen-bond acceptors (Lipinski definition) is 3. The van der Waals surface area contributed by atoms with E-state index >= 15 is 0 Å². The Labute approximate surface area is 826 Å². The number of hydrogen-bond donors (Lipinski definition) is 3. The maximum absolute atomic E-state index is 4.36. The van der Waals surface area contributed by atoms with Crippen LogP contribution in [-0.2, 0) is 0 Å². The molecule has 0 atom stereocenters. The van der Waals surface area contributed by atoms with Gasteiger partial charge in [-0.2, -0.15) is 0 Å². The van der Waals surface area contributed by atoms with Gasteiger partial charge in [-0.3, -0.25) is 0 Å². The van der Waals surface area contributed by atoms with E-state index < -0.39 is 19.2 Å². The van der Waals surface area contributed by atoms with Crippen LogP contribution in [0.1, 0.15) is 5.56 Å². The molecule has 4 aromatic heterocycles. The van der Waals surface area contributed by atoms with Crippen LogP contribution in [0.15, 0.2) is 455 Å². The van der Waals surface area contributed by atoms with Gasteiger partial charge in [0, 0.05) is 22.0 Å². The summed E-state index contributed by atoms with van der Waals surface area (Å²) in [6.45, 7) is 3.16. The number of fused-ring (bicyclic) bond motifs is 20. The number of nitrogens with zero attached hydrogens (tertiary/aromatic N) is 4. The maximum atomic E-state index is 4.36. The van der Waals surface area contributed by atoms with E-state index in [0.717, 1.165) is 55.9 Å². The Kier molecular flexibility index (Phi) is 15.9. The summed E-state index contributed by atoms with van der Waals surface area (Å²) >= 11 is 0. The summed E-state index contributed by atoms with van der Waals surface area (Å²) in [6, 6.07) is 171. The average Bonchev–Trinajstić information content (AvgIpc) is 1.36. The molecular weight excluding hydrogens is 1750 g/mol. The third-order valence-electron chi connectivity index (χ3n) is 40.0. The van der Waals surface area contributed by atoms with Gasteiger partial charge in [-0.15, -0.1) is 0 Å². The summed E-state index contributed by atoms with van der Waals surface area (Å²) in [5.74, 6) is 0. The van der Waals surface area contributed by atoms with Crippen molar-refractivity contribution in [1.82, 2.24) is 18.3 Å². The Morgan fingerprint density at radius 3 is 0.936 bits per heavy atom. The zero-order chi connectivity index (χ0) is 91.9. The van der Waals surface area contributed by atoms with Crippen LogP contribution in [0.3, 0.4) is 0 Å². The Morgan fingerprint density at radius 1 is 0.213 bits per heavy atom. The number of aryl methyl sites for hydroxylation is 1. The summed E-state index contributed by atoms with van der Waals surface area (Å²) in [6.07, 6.45) is 2.79. The number of aromatic nitrogens is 4. The van der Waals surface area contributed by atoms with Crippen LogP contribution in [0.25, 0.3) is 110 Å². The molecule has 141 heavy (non-hydrogen) atoms. The van der Waals surface area contributed by atoms with Crippen LogP contribution in [-0.4, -0.2) is 122 Å². The molecule has 7 nitrogen and oxygen atoms in total. The van der Waals surface area contributed by atoms with Crippen LogP contribution in [0, 0.1) is 6.92 Å². The van der Waals surface area contributed by atoms with Gasteiger partial charge in [-0.25, -0.2) is 0 Å². The van der Waals surface area contributed by atoms with Gasteiger partial charge in [0.2, 0.25) is 6.71 Å². The molecule has 20 heterocycles. The molecule has 12 fully saturated rings. The first-order chi connectivity index (χ1) is 69.8. The Hall–Kier alpha value is -13.9. The van der Waals surface area contributed by atoms with Crippen molar-refractivity contribution in [3.63, 3.8) is 0 Å². The van der Waals surface area contributed by atoms with Crippen molar-refractivity contribution in [1.29, 1.82) is 0 Å². The molecule has 12 saturated heterocycles. The standard InChI is InChI=1S/3C30H23B5N2P.C25H18BN/c1-3-11-21(12-4-1)32-25-16-8-10-18-27(25)37-26-17-9-7-15-23(26)24-19-20-28(29(32)30(24)37)38(33-31-34(38)35(33)38)36-22-13-5-2-6-14-22;1-2-11-21(12-3-1)36-38(33-31-34(38)35(33)38)29-20-9-6-16-25(29)32-24-15-5-8-19-28(24)37-27-18-7-4-13-22(27)23-14-10-17-26(32)30(23)37;1-2-11-22(12-3-1)36-38(33-31-34(38)35(33)38)23-13-8-10-21(20-23)32-26-16-5-7-19-29(26)37-28-18-6-4-14-24(28)25-15-9-17-27(32)30(25)37;1-17-13-15-18(16-14-17)26-21-9-3-5-12-24(21)27-23-11-4-2-7-19(23)20-8-6-10-22(26)25(20)27/h3*1-20,36H,31H2;2-16H,1H3/q3*-1;. The van der Waals surface area contributed by atoms with Crippen molar-refractivity contribution >= 4 is 309 Å². The van der Waals surface area contributed by atoms with Crippen LogP contribution in [0.4, 0.5) is 17.1 Å². The summed E-state index contributed by atoms with van der Waals surface area (Å²) in [5, 5.41) is 28.8. The molecular formula is C115H87B16N7P3-3. The van der Waals surface area contributed by atoms with E-state index in [1.54, 1.807) is 26.8 Å². The van der Waals surface area contributed by atoms with Gasteiger partial charge in [0.15, 0.2) is 0 Å². The quantitative estimate of drug-likeness (QED) is 0.0796. The normalized spacial score (nSPS) is 18.0. The van der Waals surface area contributed by atoms with E-state index in [-0.39, 0.29) is 48.0 Å². The van der Waals surface area contributed by atoms with E-state index in [2.05, 4.69) is 495 Å². The SMILES string of the molecule is Cc1ccc(B2c3ccccc3-n3c4ccccc4c4cccc2c43)cc1.[BH2-]1B2B3B1P23(Nc1ccccc1)c1ccc2c3ccccc3n3c2c1B(c1ccccc1)c1ccccc1-3.[BH2-]1B2B3B1P23(Nc1ccccc1)c1cccc(B2c3ccccc3-n3c4ccccc4c4cccc2c43)c1.[BH2-]1B2B3B1P23(Nc1ccccc1)c1ccccc1B1c2ccccc2-n2c3ccccc3c3cccc1c32. The van der Waals surface area contributed by atoms with Crippen molar-refractivity contribution in [2.24, 2.45) is 0 Å². The van der Waals surface area contributed by atoms with Crippen LogP contribution in [0.2, 0.25) is 0 Å². The molecule has 0 aliphatic carbocycles. The van der Waals surface area contributed by atoms with E-state index in [0.29, 0.717) is 0 Å². The number of anilines is 3. The number of para-hydroxylation sites is 14. The molecule has 6 bridgehead atoms. The van der Waals surface area contributed by atoms with Crippen molar-refractivity contribution in [3.05, 3.63) is 461 Å². The minimum atomic E-state index is -2.14. The predicted molar refractivity (Wildman–Crippen MR) is 640 cm³/mol. The Morgan fingerprint density at radius 2 is 0.511 bits per heavy atom. The number of rotatable bonds is 13. The average molecular weight is 1830 g/mol.